The summed E-state index contributed by atoms with van der Waals surface area (Å²) in [5, 5.41) is 3.43. The second-order valence-corrected chi connectivity index (χ2v) is 8.58. The zero-order chi connectivity index (χ0) is 22.0. The molecule has 0 atom stereocenters. The van der Waals surface area contributed by atoms with Gasteiger partial charge in [0.15, 0.2) is 5.16 Å². The van der Waals surface area contributed by atoms with Crippen LogP contribution in [-0.2, 0) is 11.3 Å². The lowest BCUT2D eigenvalue weighted by Gasteiger charge is -2.12. The number of hydrogen-bond acceptors (Lipinski definition) is 4. The highest BCUT2D eigenvalue weighted by molar-refractivity contribution is 7.99. The average Bonchev–Trinajstić information content (AvgIpc) is 3.12. The highest BCUT2D eigenvalue weighted by atomic mass is 32.2. The zero-order valence-corrected chi connectivity index (χ0v) is 18.5. The minimum atomic E-state index is -0.176. The standard InChI is InChI=1S/C24H24N4O2S/c1-15-7-9-19(10-8-15)28-23(30)22-20(12-17(3)26-22)27-24(28)31-14-21(29)25-13-18-6-4-5-16(2)11-18/h4-12,26H,13-14H2,1-3H3,(H,25,29). The number of carbonyl (C=O) groups is 1. The second kappa shape index (κ2) is 8.81. The van der Waals surface area contributed by atoms with Gasteiger partial charge in [-0.15, -0.1) is 0 Å². The quantitative estimate of drug-likeness (QED) is 0.356. The van der Waals surface area contributed by atoms with Crippen LogP contribution in [0, 0.1) is 20.8 Å². The van der Waals surface area contributed by atoms with Crippen LogP contribution in [0.4, 0.5) is 0 Å². The highest BCUT2D eigenvalue weighted by Gasteiger charge is 2.16. The van der Waals surface area contributed by atoms with Gasteiger partial charge >= 0.3 is 0 Å². The number of aryl methyl sites for hydroxylation is 3. The van der Waals surface area contributed by atoms with Gasteiger partial charge < -0.3 is 10.3 Å². The monoisotopic (exact) mass is 432 g/mol. The Hall–Kier alpha value is -3.32. The molecule has 2 aromatic carbocycles. The highest BCUT2D eigenvalue weighted by Crippen LogP contribution is 2.22. The Bertz CT molecular complexity index is 1310. The topological polar surface area (TPSA) is 79.8 Å². The number of hydrogen-bond donors (Lipinski definition) is 2. The van der Waals surface area contributed by atoms with E-state index in [0.717, 1.165) is 28.1 Å². The van der Waals surface area contributed by atoms with Gasteiger partial charge in [0.25, 0.3) is 5.56 Å². The normalized spacial score (nSPS) is 11.1. The fraction of sp³-hybridized carbons (Fsp3) is 0.208. The van der Waals surface area contributed by atoms with Gasteiger partial charge in [0, 0.05) is 12.2 Å². The van der Waals surface area contributed by atoms with Gasteiger partial charge in [-0.1, -0.05) is 59.3 Å². The maximum Gasteiger partial charge on any atom is 0.283 e. The number of H-pyrrole nitrogens is 1. The zero-order valence-electron chi connectivity index (χ0n) is 17.7. The van der Waals surface area contributed by atoms with Crippen LogP contribution in [0.3, 0.4) is 0 Å². The Balaban J connectivity index is 1.58. The van der Waals surface area contributed by atoms with Crippen LogP contribution in [0.1, 0.15) is 22.4 Å². The van der Waals surface area contributed by atoms with Gasteiger partial charge in [-0.25, -0.2) is 4.98 Å². The maximum atomic E-state index is 13.2. The molecule has 4 aromatic rings. The molecule has 0 unspecified atom stereocenters. The largest absolute Gasteiger partial charge is 0.353 e. The lowest BCUT2D eigenvalue weighted by Crippen LogP contribution is -2.26. The van der Waals surface area contributed by atoms with Gasteiger partial charge in [0.1, 0.15) is 5.52 Å². The number of nitrogens with zero attached hydrogens (tertiary/aromatic N) is 2. The number of nitrogens with one attached hydrogen (secondary N) is 2. The van der Waals surface area contributed by atoms with Crippen LogP contribution >= 0.6 is 11.8 Å². The van der Waals surface area contributed by atoms with Crippen molar-refractivity contribution < 1.29 is 4.79 Å². The van der Waals surface area contributed by atoms with E-state index >= 15 is 0 Å². The van der Waals surface area contributed by atoms with Crippen molar-refractivity contribution in [2.24, 2.45) is 0 Å². The summed E-state index contributed by atoms with van der Waals surface area (Å²) in [4.78, 5) is 33.5. The van der Waals surface area contributed by atoms with Gasteiger partial charge in [-0.3, -0.25) is 14.2 Å². The molecule has 2 heterocycles. The van der Waals surface area contributed by atoms with Crippen LogP contribution in [0.2, 0.25) is 0 Å². The summed E-state index contributed by atoms with van der Waals surface area (Å²) in [5.41, 5.74) is 5.79. The van der Waals surface area contributed by atoms with E-state index in [0.29, 0.717) is 22.7 Å². The van der Waals surface area contributed by atoms with E-state index in [4.69, 9.17) is 0 Å². The van der Waals surface area contributed by atoms with Crippen molar-refractivity contribution in [3.63, 3.8) is 0 Å². The van der Waals surface area contributed by atoms with E-state index < -0.39 is 0 Å². The molecule has 7 heteroatoms. The molecule has 31 heavy (non-hydrogen) atoms. The van der Waals surface area contributed by atoms with Crippen molar-refractivity contribution in [2.75, 3.05) is 5.75 Å². The molecule has 0 bridgehead atoms. The first-order valence-electron chi connectivity index (χ1n) is 10.0. The van der Waals surface area contributed by atoms with Crippen LogP contribution in [0.25, 0.3) is 16.7 Å². The van der Waals surface area contributed by atoms with Crippen LogP contribution in [0.5, 0.6) is 0 Å². The molecule has 2 aromatic heterocycles. The van der Waals surface area contributed by atoms with E-state index in [1.54, 1.807) is 4.57 Å². The molecule has 0 radical (unpaired) electrons. The molecular weight excluding hydrogens is 408 g/mol. The molecule has 0 aliphatic heterocycles. The van der Waals surface area contributed by atoms with Gasteiger partial charge in [-0.05, 0) is 44.5 Å². The first kappa shape index (κ1) is 20.9. The Morgan fingerprint density at radius 1 is 1.06 bits per heavy atom. The lowest BCUT2D eigenvalue weighted by molar-refractivity contribution is -0.118. The Kier molecular flexibility index (Phi) is 5.95. The fourth-order valence-electron chi connectivity index (χ4n) is 3.40. The summed E-state index contributed by atoms with van der Waals surface area (Å²) in [6.45, 7) is 6.38. The molecule has 0 spiro atoms. The summed E-state index contributed by atoms with van der Waals surface area (Å²) < 4.78 is 1.57. The summed E-state index contributed by atoms with van der Waals surface area (Å²) in [6.07, 6.45) is 0. The van der Waals surface area contributed by atoms with E-state index in [2.05, 4.69) is 15.3 Å². The molecule has 6 nitrogen and oxygen atoms in total. The molecule has 1 amide bonds. The molecule has 158 valence electrons. The predicted molar refractivity (Wildman–Crippen MR) is 125 cm³/mol. The smallest absolute Gasteiger partial charge is 0.283 e. The number of aromatic amines is 1. The lowest BCUT2D eigenvalue weighted by atomic mass is 10.1. The number of aromatic nitrogens is 3. The van der Waals surface area contributed by atoms with Crippen molar-refractivity contribution in [3.05, 3.63) is 87.3 Å². The molecule has 2 N–H and O–H groups in total. The van der Waals surface area contributed by atoms with Crippen LogP contribution < -0.4 is 10.9 Å². The van der Waals surface area contributed by atoms with E-state index in [1.165, 1.54) is 11.8 Å². The maximum absolute atomic E-state index is 13.2. The van der Waals surface area contributed by atoms with Gasteiger partial charge in [-0.2, -0.15) is 0 Å². The molecule has 0 aliphatic rings. The minimum absolute atomic E-state index is 0.110. The second-order valence-electron chi connectivity index (χ2n) is 7.64. The fourth-order valence-corrected chi connectivity index (χ4v) is 4.24. The number of benzene rings is 2. The van der Waals surface area contributed by atoms with Crippen molar-refractivity contribution in [3.8, 4) is 5.69 Å². The Morgan fingerprint density at radius 3 is 2.58 bits per heavy atom. The average molecular weight is 433 g/mol. The van der Waals surface area contributed by atoms with Crippen molar-refractivity contribution >= 4 is 28.7 Å². The Morgan fingerprint density at radius 2 is 1.84 bits per heavy atom. The minimum Gasteiger partial charge on any atom is -0.353 e. The number of fused-ring (bicyclic) bond motifs is 1. The van der Waals surface area contributed by atoms with E-state index in [-0.39, 0.29) is 17.2 Å². The van der Waals surface area contributed by atoms with Crippen molar-refractivity contribution in [1.29, 1.82) is 0 Å². The van der Waals surface area contributed by atoms with Crippen molar-refractivity contribution in [2.45, 2.75) is 32.5 Å². The number of carbonyl (C=O) groups excluding carboxylic acids is 1. The number of thioether (sulfide) groups is 1. The molecule has 0 saturated heterocycles. The Labute approximate surface area is 184 Å². The summed E-state index contributed by atoms with van der Waals surface area (Å²) in [5.74, 6) is 0.0560. The summed E-state index contributed by atoms with van der Waals surface area (Å²) in [7, 11) is 0. The third-order valence-corrected chi connectivity index (χ3v) is 5.89. The van der Waals surface area contributed by atoms with E-state index in [1.807, 2.05) is 75.4 Å². The van der Waals surface area contributed by atoms with Gasteiger partial charge in [0.2, 0.25) is 5.91 Å². The van der Waals surface area contributed by atoms with Gasteiger partial charge in [0.05, 0.1) is 17.0 Å². The predicted octanol–water partition coefficient (Wildman–Crippen LogP) is 4.05. The number of amides is 1. The third kappa shape index (κ3) is 4.72. The molecule has 0 aliphatic carbocycles. The summed E-state index contributed by atoms with van der Waals surface area (Å²) in [6, 6.07) is 17.6. The number of rotatable bonds is 6. The van der Waals surface area contributed by atoms with E-state index in [9.17, 15) is 9.59 Å². The molecule has 0 fully saturated rings. The first-order valence-corrected chi connectivity index (χ1v) is 11.0. The summed E-state index contributed by atoms with van der Waals surface area (Å²) >= 11 is 1.26. The van der Waals surface area contributed by atoms with Crippen LogP contribution in [0.15, 0.2) is 64.5 Å². The van der Waals surface area contributed by atoms with Crippen LogP contribution in [-0.4, -0.2) is 26.2 Å². The molecule has 4 rings (SSSR count). The molecule has 0 saturated carbocycles. The first-order chi connectivity index (χ1) is 14.9. The SMILES string of the molecule is Cc1ccc(-n2c(SCC(=O)NCc3cccc(C)c3)nc3cc(C)[nH]c3c2=O)cc1. The third-order valence-electron chi connectivity index (χ3n) is 4.95. The molecular formula is C24H24N4O2S. The van der Waals surface area contributed by atoms with Crippen molar-refractivity contribution in [1.82, 2.24) is 19.9 Å².